The van der Waals surface area contributed by atoms with Gasteiger partial charge in [-0.3, -0.25) is 4.79 Å². The largest absolute Gasteiger partial charge is 0.381 e. The molecule has 88 valence electrons. The van der Waals surface area contributed by atoms with E-state index in [2.05, 4.69) is 5.32 Å². The number of halogens is 1. The molecule has 3 N–H and O–H groups in total. The van der Waals surface area contributed by atoms with E-state index in [1.807, 2.05) is 31.4 Å². The van der Waals surface area contributed by atoms with Crippen molar-refractivity contribution in [3.8, 4) is 0 Å². The highest BCUT2D eigenvalue weighted by atomic mass is 35.5. The average Bonchev–Trinajstić information content (AvgIpc) is 2.16. The predicted octanol–water partition coefficient (Wildman–Crippen LogP) is 2.74. The second-order valence-corrected chi connectivity index (χ2v) is 4.84. The molecule has 16 heavy (non-hydrogen) atoms. The van der Waals surface area contributed by atoms with Crippen molar-refractivity contribution in [2.45, 2.75) is 24.3 Å². The number of hydrogen-bond donors (Lipinski definition) is 2. The number of carbonyl (C=O) groups excluding carboxylic acids is 1. The lowest BCUT2D eigenvalue weighted by Gasteiger charge is -2.16. The van der Waals surface area contributed by atoms with Gasteiger partial charge in [0, 0.05) is 28.1 Å². The molecule has 1 unspecified atom stereocenters. The number of amides is 1. The Labute approximate surface area is 105 Å². The molecule has 0 aliphatic rings. The van der Waals surface area contributed by atoms with Gasteiger partial charge in [0.05, 0.1) is 0 Å². The Kier molecular flexibility index (Phi) is 4.96. The summed E-state index contributed by atoms with van der Waals surface area (Å²) in [5.74, 6) is -0.312. The van der Waals surface area contributed by atoms with Crippen LogP contribution in [0.2, 0.25) is 5.02 Å². The minimum absolute atomic E-state index is 0.00173. The summed E-state index contributed by atoms with van der Waals surface area (Å²) in [4.78, 5) is 11.9. The SMILES string of the molecule is CSc1ccc(Cl)cc1NC(C)CC(N)=O. The number of thioether (sulfide) groups is 1. The molecule has 0 spiro atoms. The summed E-state index contributed by atoms with van der Waals surface area (Å²) in [6.45, 7) is 1.91. The van der Waals surface area contributed by atoms with Crippen molar-refractivity contribution in [2.75, 3.05) is 11.6 Å². The highest BCUT2D eigenvalue weighted by Crippen LogP contribution is 2.29. The van der Waals surface area contributed by atoms with Crippen molar-refractivity contribution in [2.24, 2.45) is 5.73 Å². The highest BCUT2D eigenvalue weighted by Gasteiger charge is 2.08. The molecule has 0 fully saturated rings. The first-order chi connectivity index (χ1) is 7.52. The fourth-order valence-electron chi connectivity index (χ4n) is 1.41. The Morgan fingerprint density at radius 1 is 1.62 bits per heavy atom. The number of hydrogen-bond acceptors (Lipinski definition) is 3. The zero-order valence-corrected chi connectivity index (χ0v) is 10.9. The van der Waals surface area contributed by atoms with E-state index in [1.54, 1.807) is 11.8 Å². The molecule has 1 aromatic carbocycles. The van der Waals surface area contributed by atoms with Crippen LogP contribution in [0.15, 0.2) is 23.1 Å². The van der Waals surface area contributed by atoms with Gasteiger partial charge in [-0.25, -0.2) is 0 Å². The molecule has 1 rings (SSSR count). The van der Waals surface area contributed by atoms with Crippen LogP contribution >= 0.6 is 23.4 Å². The smallest absolute Gasteiger partial charge is 0.219 e. The molecule has 3 nitrogen and oxygen atoms in total. The summed E-state index contributed by atoms with van der Waals surface area (Å²) in [5, 5.41) is 3.90. The molecule has 0 aliphatic carbocycles. The summed E-state index contributed by atoms with van der Waals surface area (Å²) in [7, 11) is 0. The first-order valence-corrected chi connectivity index (χ1v) is 6.51. The van der Waals surface area contributed by atoms with E-state index in [9.17, 15) is 4.79 Å². The van der Waals surface area contributed by atoms with Crippen LogP contribution in [0.5, 0.6) is 0 Å². The lowest BCUT2D eigenvalue weighted by molar-refractivity contribution is -0.118. The van der Waals surface area contributed by atoms with Gasteiger partial charge in [0.1, 0.15) is 0 Å². The van der Waals surface area contributed by atoms with Gasteiger partial charge in [-0.05, 0) is 31.4 Å². The quantitative estimate of drug-likeness (QED) is 0.799. The maximum absolute atomic E-state index is 10.8. The standard InChI is InChI=1S/C11H15ClN2OS/c1-7(5-11(13)15)14-9-6-8(12)3-4-10(9)16-2/h3-4,6-7,14H,5H2,1-2H3,(H2,13,15). The van der Waals surface area contributed by atoms with Crippen LogP contribution in [-0.4, -0.2) is 18.2 Å². The molecule has 0 radical (unpaired) electrons. The van der Waals surface area contributed by atoms with E-state index in [0.29, 0.717) is 11.4 Å². The second kappa shape index (κ2) is 6.01. The third-order valence-corrected chi connectivity index (χ3v) is 3.10. The van der Waals surface area contributed by atoms with Gasteiger partial charge in [-0.1, -0.05) is 11.6 Å². The lowest BCUT2D eigenvalue weighted by atomic mass is 10.2. The normalized spacial score (nSPS) is 12.2. The van der Waals surface area contributed by atoms with E-state index in [1.165, 1.54) is 0 Å². The van der Waals surface area contributed by atoms with Gasteiger partial charge >= 0.3 is 0 Å². The highest BCUT2D eigenvalue weighted by molar-refractivity contribution is 7.98. The molecular formula is C11H15ClN2OS. The molecule has 0 bridgehead atoms. The predicted molar refractivity (Wildman–Crippen MR) is 70.1 cm³/mol. The van der Waals surface area contributed by atoms with Crippen LogP contribution in [0.1, 0.15) is 13.3 Å². The number of benzene rings is 1. The van der Waals surface area contributed by atoms with Crippen LogP contribution in [0, 0.1) is 0 Å². The maximum Gasteiger partial charge on any atom is 0.219 e. The Morgan fingerprint density at radius 2 is 2.31 bits per heavy atom. The number of nitrogens with one attached hydrogen (secondary N) is 1. The Balaban J connectivity index is 2.78. The van der Waals surface area contributed by atoms with Crippen LogP contribution in [0.25, 0.3) is 0 Å². The summed E-state index contributed by atoms with van der Waals surface area (Å²) in [6, 6.07) is 5.65. The number of rotatable bonds is 5. The Morgan fingerprint density at radius 3 is 2.88 bits per heavy atom. The van der Waals surface area contributed by atoms with E-state index >= 15 is 0 Å². The van der Waals surface area contributed by atoms with Gasteiger partial charge in [0.15, 0.2) is 0 Å². The van der Waals surface area contributed by atoms with Gasteiger partial charge < -0.3 is 11.1 Å². The molecule has 1 aromatic rings. The van der Waals surface area contributed by atoms with Crippen LogP contribution in [0.3, 0.4) is 0 Å². The van der Waals surface area contributed by atoms with Crippen molar-refractivity contribution in [3.63, 3.8) is 0 Å². The van der Waals surface area contributed by atoms with Gasteiger partial charge in [-0.15, -0.1) is 11.8 Å². The van der Waals surface area contributed by atoms with Crippen molar-refractivity contribution in [3.05, 3.63) is 23.2 Å². The zero-order chi connectivity index (χ0) is 12.1. The summed E-state index contributed by atoms with van der Waals surface area (Å²) in [6.07, 6.45) is 2.30. The van der Waals surface area contributed by atoms with Crippen LogP contribution in [-0.2, 0) is 4.79 Å². The Hall–Kier alpha value is -0.870. The number of nitrogens with two attached hydrogens (primary N) is 1. The third-order valence-electron chi connectivity index (χ3n) is 2.07. The second-order valence-electron chi connectivity index (χ2n) is 3.56. The first-order valence-electron chi connectivity index (χ1n) is 4.91. The number of carbonyl (C=O) groups is 1. The Bertz CT molecular complexity index is 384. The van der Waals surface area contributed by atoms with Gasteiger partial charge in [0.25, 0.3) is 0 Å². The summed E-state index contributed by atoms with van der Waals surface area (Å²) >= 11 is 7.55. The molecule has 0 saturated heterocycles. The molecule has 0 saturated carbocycles. The fourth-order valence-corrected chi connectivity index (χ4v) is 2.13. The molecule has 1 atom stereocenters. The minimum Gasteiger partial charge on any atom is -0.381 e. The van der Waals surface area contributed by atoms with Crippen LogP contribution in [0.4, 0.5) is 5.69 Å². The topological polar surface area (TPSA) is 55.1 Å². The molecule has 5 heteroatoms. The van der Waals surface area contributed by atoms with Crippen LogP contribution < -0.4 is 11.1 Å². The monoisotopic (exact) mass is 258 g/mol. The fraction of sp³-hybridized carbons (Fsp3) is 0.364. The van der Waals surface area contributed by atoms with Gasteiger partial charge in [-0.2, -0.15) is 0 Å². The van der Waals surface area contributed by atoms with Crippen molar-refractivity contribution >= 4 is 35.0 Å². The third kappa shape index (κ3) is 3.94. The average molecular weight is 259 g/mol. The van der Waals surface area contributed by atoms with E-state index in [-0.39, 0.29) is 11.9 Å². The van der Waals surface area contributed by atoms with Crippen molar-refractivity contribution in [1.82, 2.24) is 0 Å². The molecule has 0 aromatic heterocycles. The van der Waals surface area contributed by atoms with E-state index in [4.69, 9.17) is 17.3 Å². The molecular weight excluding hydrogens is 244 g/mol. The van der Waals surface area contributed by atoms with Crippen molar-refractivity contribution < 1.29 is 4.79 Å². The van der Waals surface area contributed by atoms with E-state index in [0.717, 1.165) is 10.6 Å². The number of anilines is 1. The molecule has 0 aliphatic heterocycles. The summed E-state index contributed by atoms with van der Waals surface area (Å²) < 4.78 is 0. The van der Waals surface area contributed by atoms with E-state index < -0.39 is 0 Å². The van der Waals surface area contributed by atoms with Gasteiger partial charge in [0.2, 0.25) is 5.91 Å². The molecule has 1 amide bonds. The summed E-state index contributed by atoms with van der Waals surface area (Å²) in [5.41, 5.74) is 6.08. The molecule has 0 heterocycles. The minimum atomic E-state index is -0.312. The maximum atomic E-state index is 10.8. The zero-order valence-electron chi connectivity index (χ0n) is 9.29. The lowest BCUT2D eigenvalue weighted by Crippen LogP contribution is -2.24. The number of primary amides is 1. The first kappa shape index (κ1) is 13.2. The van der Waals surface area contributed by atoms with Crippen molar-refractivity contribution in [1.29, 1.82) is 0 Å².